The van der Waals surface area contributed by atoms with E-state index in [2.05, 4.69) is 5.16 Å². The smallest absolute Gasteiger partial charge is 0.391 e. The molecule has 2 fully saturated rings. The summed E-state index contributed by atoms with van der Waals surface area (Å²) in [6.45, 7) is -4.27. The van der Waals surface area contributed by atoms with Gasteiger partial charge in [-0.15, -0.1) is 0 Å². The van der Waals surface area contributed by atoms with Crippen molar-refractivity contribution in [1.82, 2.24) is 4.90 Å². The molecule has 1 aliphatic heterocycles. The van der Waals surface area contributed by atoms with Crippen molar-refractivity contribution in [2.45, 2.75) is 84.0 Å². The van der Waals surface area contributed by atoms with Crippen LogP contribution in [0.5, 0.6) is 0 Å². The second-order valence-corrected chi connectivity index (χ2v) is 8.78. The third-order valence-corrected chi connectivity index (χ3v) is 6.42. The first kappa shape index (κ1) is 17.1. The van der Waals surface area contributed by atoms with Gasteiger partial charge in [-0.25, -0.2) is 0 Å². The molecule has 0 bridgehead atoms. The number of likely N-dealkylation sites (tertiary alicyclic amines) is 1. The molecule has 0 amide bonds. The summed E-state index contributed by atoms with van der Waals surface area (Å²) in [7, 11) is 0. The molecule has 0 unspecified atom stereocenters. The molecule has 2 aliphatic rings. The molecule has 2 aromatic rings. The lowest BCUT2D eigenvalue weighted by atomic mass is 9.81. The van der Waals surface area contributed by atoms with Crippen LogP contribution in [0.2, 0.25) is 0 Å². The summed E-state index contributed by atoms with van der Waals surface area (Å²) in [6.07, 6.45) is -1.44. The third-order valence-electron chi connectivity index (χ3n) is 6.42. The highest BCUT2D eigenvalue weighted by atomic mass is 19.4. The maximum Gasteiger partial charge on any atom is 0.416 e. The molecule has 1 aliphatic carbocycles. The first-order chi connectivity index (χ1) is 19.0. The van der Waals surface area contributed by atoms with Crippen LogP contribution in [0.1, 0.15) is 101 Å². The van der Waals surface area contributed by atoms with E-state index in [1.54, 1.807) is 38.1 Å². The van der Waals surface area contributed by atoms with E-state index < -0.39 is 37.6 Å². The van der Waals surface area contributed by atoms with Gasteiger partial charge in [0.15, 0.2) is 0 Å². The van der Waals surface area contributed by atoms with Crippen LogP contribution in [0, 0.1) is 0 Å². The first-order valence-corrected chi connectivity index (χ1v) is 11.8. The van der Waals surface area contributed by atoms with E-state index in [1.165, 1.54) is 6.07 Å². The Morgan fingerprint density at radius 3 is 2.59 bits per heavy atom. The maximum atomic E-state index is 13.9. The fraction of sp³-hybridized carbons (Fsp3) is 0.536. The number of rotatable bonds is 8. The molecular weight excluding hydrogens is 437 g/mol. The lowest BCUT2D eigenvalue weighted by molar-refractivity contribution is -0.138. The van der Waals surface area contributed by atoms with Gasteiger partial charge in [-0.1, -0.05) is 55.6 Å². The number of benzene rings is 2. The van der Waals surface area contributed by atoms with E-state index in [0.717, 1.165) is 38.2 Å². The highest BCUT2D eigenvalue weighted by molar-refractivity contribution is 5.98. The van der Waals surface area contributed by atoms with E-state index >= 15 is 0 Å². The average molecular weight is 480 g/mol. The van der Waals surface area contributed by atoms with Crippen molar-refractivity contribution in [2.24, 2.45) is 5.16 Å². The normalized spacial score (nSPS) is 25.1. The molecular formula is C28H35F3N2O. The summed E-state index contributed by atoms with van der Waals surface area (Å²) >= 11 is 0. The molecule has 0 N–H and O–H groups in total. The van der Waals surface area contributed by atoms with E-state index in [0.29, 0.717) is 39.3 Å². The van der Waals surface area contributed by atoms with Gasteiger partial charge in [0.1, 0.15) is 6.61 Å². The molecule has 1 saturated carbocycles. The summed E-state index contributed by atoms with van der Waals surface area (Å²) < 4.78 is 98.6. The van der Waals surface area contributed by atoms with Crippen molar-refractivity contribution in [3.05, 3.63) is 69.8 Å². The van der Waals surface area contributed by atoms with E-state index in [9.17, 15) is 13.2 Å². The van der Waals surface area contributed by atoms with Crippen LogP contribution in [0.3, 0.4) is 0 Å². The molecule has 184 valence electrons. The highest BCUT2D eigenvalue weighted by Crippen LogP contribution is 2.41. The van der Waals surface area contributed by atoms with Gasteiger partial charge in [0.05, 0.1) is 11.3 Å². The monoisotopic (exact) mass is 479 g/mol. The van der Waals surface area contributed by atoms with Crippen molar-refractivity contribution >= 4 is 5.71 Å². The Hall–Kier alpha value is -2.34. The van der Waals surface area contributed by atoms with Crippen LogP contribution >= 0.6 is 0 Å². The number of aryl methyl sites for hydroxylation is 1. The molecule has 1 saturated heterocycles. The standard InChI is InChI=1S/C28H35F3N2O/c1-3-22-17-24(11-12-25(22)18-33-14-7-15-33)20(2)32-34-19-21-10-13-26(23-8-5-4-6-9-23)27(16-21)28(29,30)31/h10-13,16-17,23H,3-9,14-15,18-19H2,1-2H3/b32-20+/i7D,14D2,15D2,18D2. The van der Waals surface area contributed by atoms with Crippen LogP contribution in [0.15, 0.2) is 41.6 Å². The fourth-order valence-corrected chi connectivity index (χ4v) is 4.50. The molecule has 6 heteroatoms. The maximum absolute atomic E-state index is 13.9. The average Bonchev–Trinajstić information content (AvgIpc) is 2.91. The second kappa shape index (κ2) is 10.9. The van der Waals surface area contributed by atoms with Gasteiger partial charge in [-0.05, 0) is 91.4 Å². The molecule has 0 radical (unpaired) electrons. The highest BCUT2D eigenvalue weighted by Gasteiger charge is 2.35. The Labute approximate surface area is 210 Å². The SMILES string of the molecule is [2H]C1C([2H])([2H])N(C([2H])([2H])c2ccc(/C(C)=N/OCc3ccc(C4CCCCC4)c(C(F)(F)F)c3)cc2CC)C1([2H])[2H]. The number of nitrogens with zero attached hydrogens (tertiary/aromatic N) is 2. The quantitative estimate of drug-likeness (QED) is 0.290. The number of hydrogen-bond acceptors (Lipinski definition) is 3. The minimum Gasteiger partial charge on any atom is -0.391 e. The summed E-state index contributed by atoms with van der Waals surface area (Å²) in [5, 5.41) is 4.07. The summed E-state index contributed by atoms with van der Waals surface area (Å²) in [5.74, 6) is -0.0932. The summed E-state index contributed by atoms with van der Waals surface area (Å²) in [4.78, 5) is 5.87. The zero-order valence-electron chi connectivity index (χ0n) is 26.5. The van der Waals surface area contributed by atoms with Crippen LogP contribution < -0.4 is 0 Å². The van der Waals surface area contributed by atoms with Gasteiger partial charge in [0, 0.05) is 16.1 Å². The third kappa shape index (κ3) is 6.01. The summed E-state index contributed by atoms with van der Waals surface area (Å²) in [5.41, 5.74) is 1.60. The topological polar surface area (TPSA) is 24.8 Å². The van der Waals surface area contributed by atoms with Gasteiger partial charge >= 0.3 is 6.18 Å². The molecule has 2 aromatic carbocycles. The molecule has 4 rings (SSSR count). The van der Waals surface area contributed by atoms with Crippen molar-refractivity contribution in [1.29, 1.82) is 0 Å². The van der Waals surface area contributed by atoms with Gasteiger partial charge in [-0.3, -0.25) is 4.90 Å². The lowest BCUT2D eigenvalue weighted by Crippen LogP contribution is -2.36. The van der Waals surface area contributed by atoms with Gasteiger partial charge in [0.2, 0.25) is 0 Å². The van der Waals surface area contributed by atoms with Crippen LogP contribution in [0.25, 0.3) is 0 Å². The molecule has 0 aromatic heterocycles. The Balaban J connectivity index is 1.51. The van der Waals surface area contributed by atoms with Crippen LogP contribution in [-0.2, 0) is 30.5 Å². The van der Waals surface area contributed by atoms with Gasteiger partial charge in [-0.2, -0.15) is 13.2 Å². The Morgan fingerprint density at radius 1 is 1.12 bits per heavy atom. The Kier molecular flexibility index (Phi) is 5.52. The zero-order chi connectivity index (χ0) is 30.4. The number of halogens is 3. The van der Waals surface area contributed by atoms with Crippen molar-refractivity contribution in [3.8, 4) is 0 Å². The fourth-order valence-electron chi connectivity index (χ4n) is 4.50. The zero-order valence-corrected chi connectivity index (χ0v) is 19.5. The number of hydrogen-bond donors (Lipinski definition) is 0. The van der Waals surface area contributed by atoms with Crippen LogP contribution in [-0.4, -0.2) is 23.6 Å². The molecule has 1 heterocycles. The van der Waals surface area contributed by atoms with Crippen molar-refractivity contribution in [3.63, 3.8) is 0 Å². The van der Waals surface area contributed by atoms with E-state index in [4.69, 9.17) is 14.4 Å². The molecule has 0 spiro atoms. The Morgan fingerprint density at radius 2 is 1.88 bits per heavy atom. The predicted molar refractivity (Wildman–Crippen MR) is 130 cm³/mol. The van der Waals surface area contributed by atoms with E-state index in [1.807, 2.05) is 0 Å². The van der Waals surface area contributed by atoms with Crippen molar-refractivity contribution in [2.75, 3.05) is 13.0 Å². The lowest BCUT2D eigenvalue weighted by Gasteiger charge is -2.31. The largest absolute Gasteiger partial charge is 0.416 e. The molecule has 34 heavy (non-hydrogen) atoms. The second-order valence-electron chi connectivity index (χ2n) is 8.78. The number of oxime groups is 1. The van der Waals surface area contributed by atoms with Gasteiger partial charge < -0.3 is 4.84 Å². The Bertz CT molecular complexity index is 1280. The minimum atomic E-state index is -4.47. The minimum absolute atomic E-state index is 0.0786. The van der Waals surface area contributed by atoms with Crippen molar-refractivity contribution < 1.29 is 27.6 Å². The van der Waals surface area contributed by atoms with Crippen LogP contribution in [0.4, 0.5) is 13.2 Å². The first-order valence-electron chi connectivity index (χ1n) is 15.3. The van der Waals surface area contributed by atoms with Gasteiger partial charge in [0.25, 0.3) is 0 Å². The molecule has 0 atom stereocenters. The van der Waals surface area contributed by atoms with E-state index in [-0.39, 0.29) is 18.1 Å². The predicted octanol–water partition coefficient (Wildman–Crippen LogP) is 7.46. The number of alkyl halides is 3. The molecule has 3 nitrogen and oxygen atoms in total. The summed E-state index contributed by atoms with van der Waals surface area (Å²) in [6, 6.07) is 8.98.